The van der Waals surface area contributed by atoms with Gasteiger partial charge in [0.25, 0.3) is 0 Å². The molecule has 0 bridgehead atoms. The highest BCUT2D eigenvalue weighted by Crippen LogP contribution is 2.12. The van der Waals surface area contributed by atoms with E-state index >= 15 is 0 Å². The summed E-state index contributed by atoms with van der Waals surface area (Å²) < 4.78 is 5.66. The highest BCUT2D eigenvalue weighted by Gasteiger charge is 1.95. The number of rotatable bonds is 4. The molecule has 2 nitrogen and oxygen atoms in total. The predicted octanol–water partition coefficient (Wildman–Crippen LogP) is 3.20. The summed E-state index contributed by atoms with van der Waals surface area (Å²) in [6.07, 6.45) is 0.897. The minimum absolute atomic E-state index is 0.687. The molecule has 2 rings (SSSR count). The highest BCUT2D eigenvalue weighted by atomic mass is 16.5. The van der Waals surface area contributed by atoms with Crippen molar-refractivity contribution in [1.29, 1.82) is 0 Å². The van der Waals surface area contributed by atoms with Crippen molar-refractivity contribution in [3.05, 3.63) is 59.7 Å². The van der Waals surface area contributed by atoms with E-state index in [4.69, 9.17) is 10.5 Å². The van der Waals surface area contributed by atoms with Crippen molar-refractivity contribution < 1.29 is 4.74 Å². The summed E-state index contributed by atoms with van der Waals surface area (Å²) in [4.78, 5) is 0. The number of hydrogen-bond acceptors (Lipinski definition) is 2. The Labute approximate surface area is 102 Å². The van der Waals surface area contributed by atoms with Gasteiger partial charge in [-0.3, -0.25) is 0 Å². The Bertz CT molecular complexity index is 414. The lowest BCUT2D eigenvalue weighted by molar-refractivity contribution is 0.322. The molecule has 0 amide bonds. The third-order valence-corrected chi connectivity index (χ3v) is 2.66. The number of nitrogens with two attached hydrogens (primary N) is 1. The van der Waals surface area contributed by atoms with E-state index in [1.807, 2.05) is 36.4 Å². The lowest BCUT2D eigenvalue weighted by atomic mass is 10.1. The number of anilines is 1. The molecule has 0 atom stereocenters. The van der Waals surface area contributed by atoms with Gasteiger partial charge in [0.2, 0.25) is 0 Å². The summed E-state index contributed by atoms with van der Waals surface area (Å²) in [5.74, 6) is 0.922. The van der Waals surface area contributed by atoms with Gasteiger partial charge in [0.1, 0.15) is 5.75 Å². The van der Waals surface area contributed by atoms with Gasteiger partial charge in [-0.2, -0.15) is 0 Å². The Balaban J connectivity index is 1.83. The van der Waals surface area contributed by atoms with Crippen LogP contribution in [-0.2, 0) is 6.42 Å². The van der Waals surface area contributed by atoms with Crippen molar-refractivity contribution in [3.8, 4) is 5.75 Å². The summed E-state index contributed by atoms with van der Waals surface area (Å²) in [5.41, 5.74) is 8.92. The molecule has 0 aliphatic carbocycles. The van der Waals surface area contributed by atoms with E-state index in [-0.39, 0.29) is 0 Å². The Kier molecular flexibility index (Phi) is 3.66. The zero-order chi connectivity index (χ0) is 12.1. The van der Waals surface area contributed by atoms with E-state index in [2.05, 4.69) is 19.1 Å². The molecule has 0 fully saturated rings. The predicted molar refractivity (Wildman–Crippen MR) is 71.2 cm³/mol. The summed E-state index contributed by atoms with van der Waals surface area (Å²) in [6, 6.07) is 16.0. The number of aryl methyl sites for hydroxylation is 1. The first-order valence-corrected chi connectivity index (χ1v) is 5.78. The van der Waals surface area contributed by atoms with Gasteiger partial charge in [0.05, 0.1) is 6.61 Å². The Hall–Kier alpha value is -1.96. The van der Waals surface area contributed by atoms with Gasteiger partial charge in [-0.1, -0.05) is 29.8 Å². The van der Waals surface area contributed by atoms with Crippen molar-refractivity contribution in [2.24, 2.45) is 0 Å². The molecule has 88 valence electrons. The van der Waals surface area contributed by atoms with Crippen LogP contribution in [0.25, 0.3) is 0 Å². The van der Waals surface area contributed by atoms with Crippen LogP contribution in [0.1, 0.15) is 11.1 Å². The molecule has 0 heterocycles. The molecule has 0 radical (unpaired) electrons. The molecule has 2 N–H and O–H groups in total. The third kappa shape index (κ3) is 3.52. The van der Waals surface area contributed by atoms with Crippen LogP contribution in [0.3, 0.4) is 0 Å². The SMILES string of the molecule is Cc1ccc(OCCc2ccc(N)cc2)cc1. The first kappa shape index (κ1) is 11.5. The molecule has 0 spiro atoms. The zero-order valence-corrected chi connectivity index (χ0v) is 10.0. The molecule has 0 unspecified atom stereocenters. The van der Waals surface area contributed by atoms with Crippen molar-refractivity contribution in [2.45, 2.75) is 13.3 Å². The Morgan fingerprint density at radius 2 is 1.59 bits per heavy atom. The van der Waals surface area contributed by atoms with E-state index in [0.717, 1.165) is 17.9 Å². The molecular weight excluding hydrogens is 210 g/mol. The van der Waals surface area contributed by atoms with Crippen LogP contribution in [0, 0.1) is 6.92 Å². The smallest absolute Gasteiger partial charge is 0.119 e. The fraction of sp³-hybridized carbons (Fsp3) is 0.200. The van der Waals surface area contributed by atoms with Crippen molar-refractivity contribution >= 4 is 5.69 Å². The van der Waals surface area contributed by atoms with Crippen LogP contribution in [0.2, 0.25) is 0 Å². The van der Waals surface area contributed by atoms with Crippen LogP contribution >= 0.6 is 0 Å². The summed E-state index contributed by atoms with van der Waals surface area (Å²) >= 11 is 0. The quantitative estimate of drug-likeness (QED) is 0.814. The summed E-state index contributed by atoms with van der Waals surface area (Å²) in [5, 5.41) is 0. The monoisotopic (exact) mass is 227 g/mol. The van der Waals surface area contributed by atoms with Crippen LogP contribution in [0.4, 0.5) is 5.69 Å². The summed E-state index contributed by atoms with van der Waals surface area (Å²) in [7, 11) is 0. The van der Waals surface area contributed by atoms with Gasteiger partial charge in [0, 0.05) is 12.1 Å². The van der Waals surface area contributed by atoms with Crippen LogP contribution < -0.4 is 10.5 Å². The second-order valence-corrected chi connectivity index (χ2v) is 4.15. The summed E-state index contributed by atoms with van der Waals surface area (Å²) in [6.45, 7) is 2.76. The second-order valence-electron chi connectivity index (χ2n) is 4.15. The van der Waals surface area contributed by atoms with Gasteiger partial charge in [-0.05, 0) is 36.8 Å². The Morgan fingerprint density at radius 1 is 0.941 bits per heavy atom. The van der Waals surface area contributed by atoms with Crippen molar-refractivity contribution in [2.75, 3.05) is 12.3 Å². The third-order valence-electron chi connectivity index (χ3n) is 2.66. The molecular formula is C15H17NO. The standard InChI is InChI=1S/C15H17NO/c1-12-2-8-15(9-3-12)17-11-10-13-4-6-14(16)7-5-13/h2-9H,10-11,16H2,1H3. The molecule has 2 aromatic carbocycles. The second kappa shape index (κ2) is 5.39. The molecule has 0 saturated carbocycles. The Morgan fingerprint density at radius 3 is 2.24 bits per heavy atom. The van der Waals surface area contributed by atoms with Crippen molar-refractivity contribution in [3.63, 3.8) is 0 Å². The van der Waals surface area contributed by atoms with Gasteiger partial charge in [0.15, 0.2) is 0 Å². The number of hydrogen-bond donors (Lipinski definition) is 1. The van der Waals surface area contributed by atoms with E-state index < -0.39 is 0 Å². The van der Waals surface area contributed by atoms with Gasteiger partial charge >= 0.3 is 0 Å². The van der Waals surface area contributed by atoms with Gasteiger partial charge in [-0.25, -0.2) is 0 Å². The fourth-order valence-corrected chi connectivity index (χ4v) is 1.61. The van der Waals surface area contributed by atoms with E-state index in [0.29, 0.717) is 6.61 Å². The maximum absolute atomic E-state index is 5.66. The average molecular weight is 227 g/mol. The molecule has 2 heteroatoms. The van der Waals surface area contributed by atoms with Crippen LogP contribution in [0.5, 0.6) is 5.75 Å². The maximum Gasteiger partial charge on any atom is 0.119 e. The fourth-order valence-electron chi connectivity index (χ4n) is 1.61. The molecule has 17 heavy (non-hydrogen) atoms. The highest BCUT2D eigenvalue weighted by molar-refractivity contribution is 5.39. The lowest BCUT2D eigenvalue weighted by Crippen LogP contribution is -2.01. The molecule has 2 aromatic rings. The normalized spacial score (nSPS) is 10.2. The molecule has 0 aliphatic rings. The first-order valence-electron chi connectivity index (χ1n) is 5.78. The van der Waals surface area contributed by atoms with Gasteiger partial charge < -0.3 is 10.5 Å². The number of benzene rings is 2. The number of ether oxygens (including phenoxy) is 1. The maximum atomic E-state index is 5.66. The van der Waals surface area contributed by atoms with Gasteiger partial charge in [-0.15, -0.1) is 0 Å². The number of nitrogen functional groups attached to an aromatic ring is 1. The minimum Gasteiger partial charge on any atom is -0.493 e. The van der Waals surface area contributed by atoms with Crippen LogP contribution in [0.15, 0.2) is 48.5 Å². The van der Waals surface area contributed by atoms with Crippen LogP contribution in [-0.4, -0.2) is 6.61 Å². The largest absolute Gasteiger partial charge is 0.493 e. The molecule has 0 saturated heterocycles. The zero-order valence-electron chi connectivity index (χ0n) is 10.0. The van der Waals surface area contributed by atoms with E-state index in [9.17, 15) is 0 Å². The molecule has 0 aromatic heterocycles. The lowest BCUT2D eigenvalue weighted by Gasteiger charge is -2.06. The van der Waals surface area contributed by atoms with E-state index in [1.165, 1.54) is 11.1 Å². The average Bonchev–Trinajstić information content (AvgIpc) is 2.34. The molecule has 0 aliphatic heterocycles. The van der Waals surface area contributed by atoms with Crippen molar-refractivity contribution in [1.82, 2.24) is 0 Å². The topological polar surface area (TPSA) is 35.2 Å². The minimum atomic E-state index is 0.687. The van der Waals surface area contributed by atoms with E-state index in [1.54, 1.807) is 0 Å². The first-order chi connectivity index (χ1) is 8.24.